The summed E-state index contributed by atoms with van der Waals surface area (Å²) in [5.74, 6) is -3.38. The third-order valence-corrected chi connectivity index (χ3v) is 2.89. The minimum Gasteiger partial charge on any atom is -0.492 e. The number of carbonyl (C=O) groups is 1. The van der Waals surface area contributed by atoms with E-state index < -0.39 is 36.7 Å². The Morgan fingerprint density at radius 3 is 2.86 bits per heavy atom. The molecule has 1 aliphatic heterocycles. The van der Waals surface area contributed by atoms with Crippen LogP contribution >= 0.6 is 12.4 Å². The zero-order chi connectivity index (χ0) is 14.6. The molecule has 1 fully saturated rings. The van der Waals surface area contributed by atoms with E-state index in [4.69, 9.17) is 4.74 Å². The molecule has 1 heterocycles. The maximum atomic E-state index is 12.9. The topological polar surface area (TPSA) is 50.4 Å². The van der Waals surface area contributed by atoms with Crippen LogP contribution in [0.3, 0.4) is 0 Å². The molecule has 2 rings (SSSR count). The Balaban J connectivity index is 0.00000220. The summed E-state index contributed by atoms with van der Waals surface area (Å²) in [6, 6.07) is 4.73. The fourth-order valence-corrected chi connectivity index (χ4v) is 1.92. The van der Waals surface area contributed by atoms with E-state index in [1.807, 2.05) is 0 Å². The van der Waals surface area contributed by atoms with E-state index in [0.717, 1.165) is 0 Å². The number of alkyl halides is 2. The molecule has 2 N–H and O–H groups in total. The average Bonchev–Trinajstić information content (AvgIpc) is 2.75. The number of ether oxygens (including phenoxy) is 1. The predicted octanol–water partition coefficient (Wildman–Crippen LogP) is 1.74. The molecule has 0 saturated carbocycles. The van der Waals surface area contributed by atoms with Gasteiger partial charge in [0.2, 0.25) is 5.91 Å². The van der Waals surface area contributed by atoms with E-state index >= 15 is 0 Å². The molecule has 1 atom stereocenters. The van der Waals surface area contributed by atoms with Gasteiger partial charge in [-0.1, -0.05) is 6.07 Å². The van der Waals surface area contributed by atoms with Crippen LogP contribution in [0.4, 0.5) is 13.2 Å². The molecule has 0 aromatic heterocycles. The van der Waals surface area contributed by atoms with E-state index in [9.17, 15) is 18.0 Å². The Hall–Kier alpha value is -1.47. The molecule has 1 aromatic rings. The van der Waals surface area contributed by atoms with Gasteiger partial charge in [0, 0.05) is 12.5 Å². The highest BCUT2D eigenvalue weighted by Gasteiger charge is 2.42. The first-order valence-corrected chi connectivity index (χ1v) is 6.24. The van der Waals surface area contributed by atoms with Crippen LogP contribution in [0.5, 0.6) is 5.75 Å². The van der Waals surface area contributed by atoms with Gasteiger partial charge >= 0.3 is 0 Å². The van der Waals surface area contributed by atoms with Crippen molar-refractivity contribution in [1.82, 2.24) is 10.6 Å². The first-order chi connectivity index (χ1) is 9.46. The van der Waals surface area contributed by atoms with E-state index in [1.54, 1.807) is 6.07 Å². The van der Waals surface area contributed by atoms with Gasteiger partial charge in [0.05, 0.1) is 19.1 Å². The van der Waals surface area contributed by atoms with Gasteiger partial charge < -0.3 is 10.1 Å². The molecule has 4 nitrogen and oxygen atoms in total. The Morgan fingerprint density at radius 2 is 2.24 bits per heavy atom. The van der Waals surface area contributed by atoms with Crippen LogP contribution in [-0.4, -0.2) is 37.6 Å². The third-order valence-electron chi connectivity index (χ3n) is 2.89. The van der Waals surface area contributed by atoms with Gasteiger partial charge in [0.1, 0.15) is 18.2 Å². The highest BCUT2D eigenvalue weighted by Crippen LogP contribution is 2.24. The molecule has 1 aliphatic rings. The number of nitrogens with one attached hydrogen (secondary N) is 2. The molecule has 1 aromatic carbocycles. The van der Waals surface area contributed by atoms with Gasteiger partial charge in [-0.2, -0.15) is 0 Å². The van der Waals surface area contributed by atoms with Gasteiger partial charge in [0.15, 0.2) is 0 Å². The highest BCUT2D eigenvalue weighted by atomic mass is 35.5. The summed E-state index contributed by atoms with van der Waals surface area (Å²) in [4.78, 5) is 11.6. The number of amides is 1. The fourth-order valence-electron chi connectivity index (χ4n) is 1.92. The van der Waals surface area contributed by atoms with Crippen LogP contribution < -0.4 is 15.4 Å². The van der Waals surface area contributed by atoms with E-state index in [0.29, 0.717) is 5.75 Å². The van der Waals surface area contributed by atoms with Crippen molar-refractivity contribution >= 4 is 18.3 Å². The molecule has 0 radical (unpaired) electrons. The number of hydrogen-bond acceptors (Lipinski definition) is 3. The largest absolute Gasteiger partial charge is 0.492 e. The molecular weight excluding hydrogens is 309 g/mol. The van der Waals surface area contributed by atoms with E-state index in [1.165, 1.54) is 18.2 Å². The van der Waals surface area contributed by atoms with Crippen molar-refractivity contribution in [3.63, 3.8) is 0 Å². The summed E-state index contributed by atoms with van der Waals surface area (Å²) in [6.45, 7) is -0.178. The minimum absolute atomic E-state index is 0. The van der Waals surface area contributed by atoms with Crippen LogP contribution in [0.1, 0.15) is 6.42 Å². The van der Waals surface area contributed by atoms with Gasteiger partial charge in [0.25, 0.3) is 5.92 Å². The third kappa shape index (κ3) is 5.43. The molecule has 1 saturated heterocycles. The number of halogens is 4. The lowest BCUT2D eigenvalue weighted by Crippen LogP contribution is -2.41. The predicted molar refractivity (Wildman–Crippen MR) is 73.5 cm³/mol. The van der Waals surface area contributed by atoms with Crippen molar-refractivity contribution in [2.24, 2.45) is 0 Å². The van der Waals surface area contributed by atoms with Gasteiger partial charge in [-0.05, 0) is 12.1 Å². The van der Waals surface area contributed by atoms with Crippen LogP contribution in [0.2, 0.25) is 0 Å². The maximum absolute atomic E-state index is 12.9. The number of carbonyl (C=O) groups excluding carboxylic acids is 1. The molecule has 1 amide bonds. The van der Waals surface area contributed by atoms with Crippen molar-refractivity contribution in [3.05, 3.63) is 30.1 Å². The van der Waals surface area contributed by atoms with Crippen molar-refractivity contribution in [3.8, 4) is 5.75 Å². The second-order valence-electron chi connectivity index (χ2n) is 4.59. The molecule has 1 unspecified atom stereocenters. The average molecular weight is 325 g/mol. The molecule has 8 heteroatoms. The molecule has 0 bridgehead atoms. The summed E-state index contributed by atoms with van der Waals surface area (Å²) in [7, 11) is 0. The Labute approximate surface area is 126 Å². The van der Waals surface area contributed by atoms with Crippen molar-refractivity contribution in [1.29, 1.82) is 0 Å². The lowest BCUT2D eigenvalue weighted by Gasteiger charge is -2.11. The summed E-state index contributed by atoms with van der Waals surface area (Å²) < 4.78 is 43.9. The van der Waals surface area contributed by atoms with Crippen LogP contribution in [-0.2, 0) is 4.79 Å². The maximum Gasteiger partial charge on any atom is 0.262 e. The number of hydrogen-bond donors (Lipinski definition) is 2. The summed E-state index contributed by atoms with van der Waals surface area (Å²) in [5.41, 5.74) is 0. The fraction of sp³-hybridized carbons (Fsp3) is 0.462. The molecular formula is C13H16ClF3N2O2. The first-order valence-electron chi connectivity index (χ1n) is 6.24. The van der Waals surface area contributed by atoms with Crippen LogP contribution in [0.25, 0.3) is 0 Å². The second-order valence-corrected chi connectivity index (χ2v) is 4.59. The zero-order valence-electron chi connectivity index (χ0n) is 11.1. The first kappa shape index (κ1) is 17.6. The van der Waals surface area contributed by atoms with Crippen LogP contribution in [0.15, 0.2) is 24.3 Å². The molecule has 0 aliphatic carbocycles. The molecule has 21 heavy (non-hydrogen) atoms. The van der Waals surface area contributed by atoms with Gasteiger partial charge in [-0.15, -0.1) is 12.4 Å². The number of benzene rings is 1. The number of rotatable bonds is 5. The lowest BCUT2D eigenvalue weighted by molar-refractivity contribution is -0.123. The van der Waals surface area contributed by atoms with Crippen LogP contribution in [0, 0.1) is 5.82 Å². The smallest absolute Gasteiger partial charge is 0.262 e. The van der Waals surface area contributed by atoms with Gasteiger partial charge in [-0.25, -0.2) is 13.2 Å². The summed E-state index contributed by atoms with van der Waals surface area (Å²) >= 11 is 0. The van der Waals surface area contributed by atoms with Crippen molar-refractivity contribution < 1.29 is 22.7 Å². The summed E-state index contributed by atoms with van der Waals surface area (Å²) in [6.07, 6.45) is -0.496. The SMILES string of the molecule is Cl.O=C(NCCOc1cccc(F)c1)C1CC(F)(F)CN1. The summed E-state index contributed by atoms with van der Waals surface area (Å²) in [5, 5.41) is 4.95. The van der Waals surface area contributed by atoms with E-state index in [2.05, 4.69) is 10.6 Å². The standard InChI is InChI=1S/C13H15F3N2O2.ClH/c14-9-2-1-3-10(6-9)20-5-4-17-12(19)11-7-13(15,16)8-18-11;/h1-3,6,11,18H,4-5,7-8H2,(H,17,19);1H. The Kier molecular flexibility index (Phi) is 6.29. The van der Waals surface area contributed by atoms with Gasteiger partial charge in [-0.3, -0.25) is 10.1 Å². The molecule has 118 valence electrons. The minimum atomic E-state index is -2.83. The lowest BCUT2D eigenvalue weighted by atomic mass is 10.2. The van der Waals surface area contributed by atoms with Crippen molar-refractivity contribution in [2.45, 2.75) is 18.4 Å². The monoisotopic (exact) mass is 324 g/mol. The highest BCUT2D eigenvalue weighted by molar-refractivity contribution is 5.85. The Bertz CT molecular complexity index is 488. The Morgan fingerprint density at radius 1 is 1.48 bits per heavy atom. The zero-order valence-corrected chi connectivity index (χ0v) is 11.9. The normalized spacial score (nSPS) is 19.7. The van der Waals surface area contributed by atoms with E-state index in [-0.39, 0.29) is 25.6 Å². The second kappa shape index (κ2) is 7.51. The van der Waals surface area contributed by atoms with Crippen molar-refractivity contribution in [2.75, 3.05) is 19.7 Å². The quantitative estimate of drug-likeness (QED) is 0.811. The molecule has 0 spiro atoms.